The molecule has 0 aliphatic heterocycles. The number of hydrogen-bond donors (Lipinski definition) is 0. The van der Waals surface area contributed by atoms with Gasteiger partial charge in [-0.3, -0.25) is 20.2 Å². The number of nitrogens with zero attached hydrogens (tertiary/aromatic N) is 2. The van der Waals surface area contributed by atoms with Crippen LogP contribution >= 0.6 is 0 Å². The van der Waals surface area contributed by atoms with Gasteiger partial charge in [-0.25, -0.2) is 9.59 Å². The van der Waals surface area contributed by atoms with Gasteiger partial charge in [0.25, 0.3) is 5.75 Å². The number of benzene rings is 2. The van der Waals surface area contributed by atoms with E-state index in [9.17, 15) is 29.8 Å². The summed E-state index contributed by atoms with van der Waals surface area (Å²) in [6, 6.07) is 7.72. The molecule has 0 N–H and O–H groups in total. The number of ether oxygens (including phenoxy) is 4. The Morgan fingerprint density at radius 1 is 0.879 bits per heavy atom. The van der Waals surface area contributed by atoms with E-state index in [-0.39, 0.29) is 24.5 Å². The van der Waals surface area contributed by atoms with Gasteiger partial charge < -0.3 is 18.9 Å². The predicted molar refractivity (Wildman–Crippen MR) is 114 cm³/mol. The second-order valence-corrected chi connectivity index (χ2v) is 6.18. The van der Waals surface area contributed by atoms with Gasteiger partial charge >= 0.3 is 23.3 Å². The third-order valence-corrected chi connectivity index (χ3v) is 4.05. The lowest BCUT2D eigenvalue weighted by molar-refractivity contribution is -0.395. The van der Waals surface area contributed by atoms with Crippen LogP contribution in [0.25, 0.3) is 6.08 Å². The molecule has 0 bridgehead atoms. The summed E-state index contributed by atoms with van der Waals surface area (Å²) in [7, 11) is 1.44. The number of carbonyl (C=O) groups excluding carboxylic acids is 2. The SMILES string of the molecule is CCOC(=O)C(=Cc1cc([N+](=O)[O-])c(Oc2ccc(OC)cc2)c([N+](=O)[O-])c1)C(=O)OCC. The highest BCUT2D eigenvalue weighted by Gasteiger charge is 2.30. The molecular formula is C21H20N2O10. The van der Waals surface area contributed by atoms with Crippen LogP contribution < -0.4 is 9.47 Å². The van der Waals surface area contributed by atoms with Gasteiger partial charge in [0.05, 0.1) is 30.2 Å². The van der Waals surface area contributed by atoms with Gasteiger partial charge in [-0.05, 0) is 49.8 Å². The van der Waals surface area contributed by atoms with Crippen LogP contribution in [-0.2, 0) is 19.1 Å². The molecule has 0 amide bonds. The van der Waals surface area contributed by atoms with Crippen molar-refractivity contribution in [3.05, 3.63) is 67.8 Å². The van der Waals surface area contributed by atoms with Crippen LogP contribution in [0.1, 0.15) is 19.4 Å². The van der Waals surface area contributed by atoms with Crippen LogP contribution in [-0.4, -0.2) is 42.1 Å². The van der Waals surface area contributed by atoms with Crippen LogP contribution in [0.3, 0.4) is 0 Å². The van der Waals surface area contributed by atoms with Crippen LogP contribution in [0.2, 0.25) is 0 Å². The minimum Gasteiger partial charge on any atom is -0.497 e. The maximum Gasteiger partial charge on any atom is 0.345 e. The first-order chi connectivity index (χ1) is 15.7. The number of hydrogen-bond acceptors (Lipinski definition) is 10. The molecule has 0 radical (unpaired) electrons. The second kappa shape index (κ2) is 11.2. The van der Waals surface area contributed by atoms with E-state index in [0.29, 0.717) is 5.75 Å². The van der Waals surface area contributed by atoms with Gasteiger partial charge in [0, 0.05) is 12.1 Å². The summed E-state index contributed by atoms with van der Waals surface area (Å²) in [5.41, 5.74) is -2.26. The lowest BCUT2D eigenvalue weighted by Crippen LogP contribution is -2.18. The molecule has 0 spiro atoms. The zero-order chi connectivity index (χ0) is 24.5. The fraction of sp³-hybridized carbons (Fsp3) is 0.238. The molecule has 12 heteroatoms. The zero-order valence-electron chi connectivity index (χ0n) is 17.9. The summed E-state index contributed by atoms with van der Waals surface area (Å²) in [5.74, 6) is -2.14. The zero-order valence-corrected chi connectivity index (χ0v) is 17.9. The summed E-state index contributed by atoms with van der Waals surface area (Å²) in [6.45, 7) is 2.93. The molecule has 2 aromatic rings. The fourth-order valence-corrected chi connectivity index (χ4v) is 2.63. The van der Waals surface area contributed by atoms with Crippen LogP contribution in [0.5, 0.6) is 17.2 Å². The van der Waals surface area contributed by atoms with Crippen molar-refractivity contribution >= 4 is 29.4 Å². The van der Waals surface area contributed by atoms with Crippen molar-refractivity contribution in [1.29, 1.82) is 0 Å². The summed E-state index contributed by atoms with van der Waals surface area (Å²) >= 11 is 0. The number of nitro benzene ring substituents is 2. The third kappa shape index (κ3) is 6.26. The monoisotopic (exact) mass is 460 g/mol. The maximum atomic E-state index is 12.2. The van der Waals surface area contributed by atoms with E-state index in [0.717, 1.165) is 18.2 Å². The molecule has 0 heterocycles. The van der Waals surface area contributed by atoms with E-state index in [1.807, 2.05) is 0 Å². The summed E-state index contributed by atoms with van der Waals surface area (Å²) < 4.78 is 20.1. The third-order valence-electron chi connectivity index (χ3n) is 4.05. The van der Waals surface area contributed by atoms with E-state index < -0.39 is 44.5 Å². The molecule has 0 saturated carbocycles. The van der Waals surface area contributed by atoms with Crippen molar-refractivity contribution in [1.82, 2.24) is 0 Å². The van der Waals surface area contributed by atoms with Crippen LogP contribution in [0.15, 0.2) is 42.0 Å². The Labute approximate surface area is 187 Å². The van der Waals surface area contributed by atoms with E-state index in [4.69, 9.17) is 18.9 Å². The Balaban J connectivity index is 2.64. The number of methoxy groups -OCH3 is 1. The van der Waals surface area contributed by atoms with Gasteiger partial charge in [0.2, 0.25) is 0 Å². The molecule has 0 fully saturated rings. The Morgan fingerprint density at radius 3 is 1.73 bits per heavy atom. The summed E-state index contributed by atoms with van der Waals surface area (Å²) in [6.07, 6.45) is 0.924. The molecule has 0 saturated heterocycles. The average Bonchev–Trinajstić information content (AvgIpc) is 2.78. The fourth-order valence-electron chi connectivity index (χ4n) is 2.63. The molecule has 0 atom stereocenters. The molecule has 12 nitrogen and oxygen atoms in total. The topological polar surface area (TPSA) is 157 Å². The summed E-state index contributed by atoms with van der Waals surface area (Å²) in [5, 5.41) is 23.4. The first-order valence-corrected chi connectivity index (χ1v) is 9.56. The van der Waals surface area contributed by atoms with E-state index in [1.165, 1.54) is 45.2 Å². The highest BCUT2D eigenvalue weighted by molar-refractivity contribution is 6.17. The van der Waals surface area contributed by atoms with Gasteiger partial charge in [0.15, 0.2) is 0 Å². The minimum atomic E-state index is -1.04. The van der Waals surface area contributed by atoms with Crippen molar-refractivity contribution < 1.29 is 38.4 Å². The van der Waals surface area contributed by atoms with Crippen molar-refractivity contribution in [2.45, 2.75) is 13.8 Å². The van der Waals surface area contributed by atoms with Gasteiger partial charge in [-0.1, -0.05) is 0 Å². The highest BCUT2D eigenvalue weighted by Crippen LogP contribution is 2.41. The smallest absolute Gasteiger partial charge is 0.345 e. The number of rotatable bonds is 10. The average molecular weight is 460 g/mol. The quantitative estimate of drug-likeness (QED) is 0.127. The molecule has 0 aliphatic rings. The van der Waals surface area contributed by atoms with E-state index >= 15 is 0 Å². The molecule has 33 heavy (non-hydrogen) atoms. The molecular weight excluding hydrogens is 440 g/mol. The van der Waals surface area contributed by atoms with Gasteiger partial charge in [-0.2, -0.15) is 0 Å². The van der Waals surface area contributed by atoms with Gasteiger partial charge in [-0.15, -0.1) is 0 Å². The van der Waals surface area contributed by atoms with Crippen LogP contribution in [0, 0.1) is 20.2 Å². The Bertz CT molecular complexity index is 1040. The van der Waals surface area contributed by atoms with Crippen molar-refractivity contribution in [3.8, 4) is 17.2 Å². The normalized spacial score (nSPS) is 10.0. The van der Waals surface area contributed by atoms with Crippen molar-refractivity contribution in [2.24, 2.45) is 0 Å². The minimum absolute atomic E-state index is 0.0511. The summed E-state index contributed by atoms with van der Waals surface area (Å²) in [4.78, 5) is 45.9. The lowest BCUT2D eigenvalue weighted by atomic mass is 10.1. The second-order valence-electron chi connectivity index (χ2n) is 6.18. The Kier molecular flexibility index (Phi) is 8.43. The highest BCUT2D eigenvalue weighted by atomic mass is 16.6. The lowest BCUT2D eigenvalue weighted by Gasteiger charge is -2.10. The Hall–Kier alpha value is -4.48. The molecule has 2 rings (SSSR count). The van der Waals surface area contributed by atoms with Crippen LogP contribution in [0.4, 0.5) is 11.4 Å². The Morgan fingerprint density at radius 2 is 1.33 bits per heavy atom. The molecule has 0 aromatic heterocycles. The number of esters is 2. The largest absolute Gasteiger partial charge is 0.497 e. The number of carbonyl (C=O) groups is 2. The molecule has 0 unspecified atom stereocenters. The molecule has 2 aromatic carbocycles. The van der Waals surface area contributed by atoms with E-state index in [2.05, 4.69) is 0 Å². The van der Waals surface area contributed by atoms with Gasteiger partial charge in [0.1, 0.15) is 17.1 Å². The predicted octanol–water partition coefficient (Wildman–Crippen LogP) is 3.81. The first kappa shape index (κ1) is 24.8. The molecule has 0 aliphatic carbocycles. The standard InChI is InChI=1S/C21H20N2O10/c1-4-31-20(24)16(21(25)32-5-2)10-13-11-17(22(26)27)19(18(12-13)23(28)29)33-15-8-6-14(30-3)7-9-15/h6-12H,4-5H2,1-3H3. The maximum absolute atomic E-state index is 12.2. The first-order valence-electron chi connectivity index (χ1n) is 9.56. The molecule has 174 valence electrons. The van der Waals surface area contributed by atoms with Crippen molar-refractivity contribution in [2.75, 3.05) is 20.3 Å². The number of nitro groups is 2. The van der Waals surface area contributed by atoms with Crippen molar-refractivity contribution in [3.63, 3.8) is 0 Å². The van der Waals surface area contributed by atoms with E-state index in [1.54, 1.807) is 0 Å².